The molecule has 0 unspecified atom stereocenters. The van der Waals surface area contributed by atoms with Crippen molar-refractivity contribution in [3.8, 4) is 0 Å². The monoisotopic (exact) mass is 391 g/mol. The van der Waals surface area contributed by atoms with Gasteiger partial charge in [0.05, 0.1) is 0 Å². The minimum Gasteiger partial charge on any atom is -0.475 e. The van der Waals surface area contributed by atoms with Gasteiger partial charge in [0.2, 0.25) is 0 Å². The number of rotatable bonds is 3. The van der Waals surface area contributed by atoms with E-state index >= 15 is 0 Å². The molecule has 4 N–H and O–H groups in total. The summed E-state index contributed by atoms with van der Waals surface area (Å²) in [6.45, 7) is 2.76. The Labute approximate surface area is 151 Å². The van der Waals surface area contributed by atoms with Crippen LogP contribution in [0.1, 0.15) is 16.9 Å². The van der Waals surface area contributed by atoms with Gasteiger partial charge in [0.25, 0.3) is 5.91 Å². The quantitative estimate of drug-likeness (QED) is 0.647. The Morgan fingerprint density at radius 3 is 2.58 bits per heavy atom. The van der Waals surface area contributed by atoms with Crippen molar-refractivity contribution < 1.29 is 27.9 Å². The number of benzene rings is 1. The molecule has 1 aromatic carbocycles. The van der Waals surface area contributed by atoms with Gasteiger partial charge < -0.3 is 20.7 Å². The Hall–Kier alpha value is -2.26. The van der Waals surface area contributed by atoms with Crippen molar-refractivity contribution in [2.45, 2.75) is 12.6 Å². The number of H-pyrrole nitrogens is 1. The Kier molecular flexibility index (Phi) is 6.49. The topological polar surface area (TPSA) is 94.2 Å². The average molecular weight is 392 g/mol. The molecular formula is C16H17ClF3N3O3. The number of aromatic nitrogens is 1. The van der Waals surface area contributed by atoms with E-state index in [0.29, 0.717) is 16.6 Å². The summed E-state index contributed by atoms with van der Waals surface area (Å²) in [4.78, 5) is 24.1. The van der Waals surface area contributed by atoms with Crippen LogP contribution in [0.5, 0.6) is 0 Å². The first kappa shape index (κ1) is 20.1. The summed E-state index contributed by atoms with van der Waals surface area (Å²) in [5.74, 6) is -2.27. The summed E-state index contributed by atoms with van der Waals surface area (Å²) in [5, 5.41) is 15.1. The summed E-state index contributed by atoms with van der Waals surface area (Å²) in [5.41, 5.74) is 1.48. The molecule has 1 aliphatic rings. The first-order valence-electron chi connectivity index (χ1n) is 7.74. The number of alkyl halides is 3. The fourth-order valence-corrected chi connectivity index (χ4v) is 2.61. The molecule has 2 aromatic rings. The van der Waals surface area contributed by atoms with Crippen LogP contribution < -0.4 is 10.6 Å². The fourth-order valence-electron chi connectivity index (χ4n) is 2.44. The molecule has 1 fully saturated rings. The molecule has 1 aromatic heterocycles. The van der Waals surface area contributed by atoms with Gasteiger partial charge in [-0.05, 0) is 43.6 Å². The van der Waals surface area contributed by atoms with Crippen LogP contribution in [0.4, 0.5) is 13.2 Å². The first-order valence-corrected chi connectivity index (χ1v) is 8.12. The lowest BCUT2D eigenvalue weighted by Gasteiger charge is -2.08. The van der Waals surface area contributed by atoms with E-state index in [1.54, 1.807) is 0 Å². The van der Waals surface area contributed by atoms with Crippen molar-refractivity contribution in [2.75, 3.05) is 19.6 Å². The molecule has 1 atom stereocenters. The van der Waals surface area contributed by atoms with Crippen LogP contribution >= 0.6 is 11.6 Å². The van der Waals surface area contributed by atoms with Crippen LogP contribution in [0.15, 0.2) is 24.3 Å². The molecule has 6 nitrogen and oxygen atoms in total. The molecule has 0 radical (unpaired) electrons. The molecule has 0 spiro atoms. The molecule has 0 bridgehead atoms. The molecular weight excluding hydrogens is 375 g/mol. The SMILES string of the molecule is O=C(NC[C@H]1CCNC1)c1cc2ccc(Cl)cc2[nH]1.O=C(O)C(F)(F)F. The molecule has 1 saturated heterocycles. The van der Waals surface area contributed by atoms with Gasteiger partial charge >= 0.3 is 12.1 Å². The van der Waals surface area contributed by atoms with E-state index in [0.717, 1.165) is 37.0 Å². The first-order chi connectivity index (χ1) is 12.2. The van der Waals surface area contributed by atoms with E-state index in [-0.39, 0.29) is 5.91 Å². The standard InChI is InChI=1S/C14H16ClN3O.C2HF3O2/c15-11-2-1-10-5-13(18-12(10)6-11)14(19)17-8-9-3-4-16-7-9;3-2(4,5)1(6)7/h1-2,5-6,9,16,18H,3-4,7-8H2,(H,17,19);(H,6,7)/t9-;/m0./s1. The summed E-state index contributed by atoms with van der Waals surface area (Å²) >= 11 is 5.93. The number of halogens is 4. The Morgan fingerprint density at radius 1 is 1.31 bits per heavy atom. The van der Waals surface area contributed by atoms with Crippen molar-refractivity contribution >= 4 is 34.4 Å². The van der Waals surface area contributed by atoms with Crippen molar-refractivity contribution in [3.63, 3.8) is 0 Å². The molecule has 3 rings (SSSR count). The third-order valence-corrected chi connectivity index (χ3v) is 4.02. The van der Waals surface area contributed by atoms with Gasteiger partial charge in [0, 0.05) is 22.5 Å². The van der Waals surface area contributed by atoms with E-state index < -0.39 is 12.1 Å². The highest BCUT2D eigenvalue weighted by Gasteiger charge is 2.38. The number of aliphatic carboxylic acids is 1. The Balaban J connectivity index is 0.000000298. The Morgan fingerprint density at radius 2 is 2.00 bits per heavy atom. The summed E-state index contributed by atoms with van der Waals surface area (Å²) in [7, 11) is 0. The molecule has 0 saturated carbocycles. The highest BCUT2D eigenvalue weighted by molar-refractivity contribution is 6.31. The highest BCUT2D eigenvalue weighted by Crippen LogP contribution is 2.20. The second-order valence-corrected chi connectivity index (χ2v) is 6.22. The van der Waals surface area contributed by atoms with E-state index in [2.05, 4.69) is 15.6 Å². The highest BCUT2D eigenvalue weighted by atomic mass is 35.5. The maximum absolute atomic E-state index is 12.1. The largest absolute Gasteiger partial charge is 0.490 e. The number of hydrogen-bond donors (Lipinski definition) is 4. The maximum atomic E-state index is 12.1. The lowest BCUT2D eigenvalue weighted by atomic mass is 10.1. The van der Waals surface area contributed by atoms with E-state index in [4.69, 9.17) is 21.5 Å². The van der Waals surface area contributed by atoms with Crippen LogP contribution in [0.2, 0.25) is 5.02 Å². The number of carbonyl (C=O) groups is 2. The maximum Gasteiger partial charge on any atom is 0.490 e. The predicted octanol–water partition coefficient (Wildman–Crippen LogP) is 2.79. The predicted molar refractivity (Wildman–Crippen MR) is 90.3 cm³/mol. The van der Waals surface area contributed by atoms with Gasteiger partial charge in [-0.25, -0.2) is 4.79 Å². The number of carboxylic acid groups (broad SMARTS) is 1. The molecule has 1 amide bonds. The van der Waals surface area contributed by atoms with Crippen molar-refractivity contribution in [1.82, 2.24) is 15.6 Å². The third-order valence-electron chi connectivity index (χ3n) is 3.79. The smallest absolute Gasteiger partial charge is 0.475 e. The molecule has 2 heterocycles. The van der Waals surface area contributed by atoms with E-state index in [9.17, 15) is 18.0 Å². The zero-order chi connectivity index (χ0) is 19.3. The zero-order valence-corrected chi connectivity index (χ0v) is 14.2. The Bertz CT molecular complexity index is 786. The van der Waals surface area contributed by atoms with Gasteiger partial charge in [-0.3, -0.25) is 4.79 Å². The summed E-state index contributed by atoms with van der Waals surface area (Å²) in [6.07, 6.45) is -3.96. The van der Waals surface area contributed by atoms with Crippen LogP contribution in [-0.2, 0) is 4.79 Å². The minimum atomic E-state index is -5.08. The lowest BCUT2D eigenvalue weighted by molar-refractivity contribution is -0.192. The van der Waals surface area contributed by atoms with Gasteiger partial charge in [-0.2, -0.15) is 13.2 Å². The van der Waals surface area contributed by atoms with Crippen LogP contribution in [-0.4, -0.2) is 47.8 Å². The van der Waals surface area contributed by atoms with Gasteiger partial charge in [0.15, 0.2) is 0 Å². The number of aromatic amines is 1. The summed E-state index contributed by atoms with van der Waals surface area (Å²) < 4.78 is 31.7. The number of carboxylic acids is 1. The molecule has 0 aliphatic carbocycles. The molecule has 1 aliphatic heterocycles. The van der Waals surface area contributed by atoms with Crippen molar-refractivity contribution in [2.24, 2.45) is 5.92 Å². The summed E-state index contributed by atoms with van der Waals surface area (Å²) in [6, 6.07) is 7.41. The number of carbonyl (C=O) groups excluding carboxylic acids is 1. The van der Waals surface area contributed by atoms with E-state index in [1.165, 1.54) is 0 Å². The fraction of sp³-hybridized carbons (Fsp3) is 0.375. The molecule has 26 heavy (non-hydrogen) atoms. The zero-order valence-electron chi connectivity index (χ0n) is 13.5. The van der Waals surface area contributed by atoms with Gasteiger partial charge in [-0.15, -0.1) is 0 Å². The lowest BCUT2D eigenvalue weighted by Crippen LogP contribution is -2.30. The molecule has 10 heteroatoms. The second kappa shape index (κ2) is 8.41. The van der Waals surface area contributed by atoms with Gasteiger partial charge in [0.1, 0.15) is 5.69 Å². The van der Waals surface area contributed by atoms with Crippen molar-refractivity contribution in [1.29, 1.82) is 0 Å². The van der Waals surface area contributed by atoms with Crippen LogP contribution in [0.3, 0.4) is 0 Å². The second-order valence-electron chi connectivity index (χ2n) is 5.79. The number of nitrogens with one attached hydrogen (secondary N) is 3. The van der Waals surface area contributed by atoms with Crippen LogP contribution in [0, 0.1) is 5.92 Å². The third kappa shape index (κ3) is 5.63. The van der Waals surface area contributed by atoms with Crippen LogP contribution in [0.25, 0.3) is 10.9 Å². The van der Waals surface area contributed by atoms with Gasteiger partial charge in [-0.1, -0.05) is 17.7 Å². The normalized spacial score (nSPS) is 16.8. The minimum absolute atomic E-state index is 0.0563. The number of fused-ring (bicyclic) bond motifs is 1. The molecule has 142 valence electrons. The number of hydrogen-bond acceptors (Lipinski definition) is 3. The average Bonchev–Trinajstić information content (AvgIpc) is 3.21. The van der Waals surface area contributed by atoms with E-state index in [1.807, 2.05) is 24.3 Å². The number of amides is 1. The van der Waals surface area contributed by atoms with Crippen molar-refractivity contribution in [3.05, 3.63) is 35.0 Å².